The molecule has 0 atom stereocenters. The third-order valence-corrected chi connectivity index (χ3v) is 1.83. The van der Waals surface area contributed by atoms with Crippen molar-refractivity contribution >= 4 is 27.7 Å². The highest BCUT2D eigenvalue weighted by molar-refractivity contribution is 9.10. The monoisotopic (exact) mass is 229 g/mol. The van der Waals surface area contributed by atoms with Crippen molar-refractivity contribution in [3.05, 3.63) is 28.5 Å². The molecule has 0 saturated heterocycles. The molecule has 0 aromatic carbocycles. The van der Waals surface area contributed by atoms with Gasteiger partial charge in [-0.3, -0.25) is 4.79 Å². The molecule has 5 heteroatoms. The molecule has 12 heavy (non-hydrogen) atoms. The minimum atomic E-state index is -1.48. The molecule has 0 spiro atoms. The number of carbonyl (C=O) groups excluding carboxylic acids is 1. The molecule has 4 nitrogen and oxygen atoms in total. The molecule has 1 heterocycles. The summed E-state index contributed by atoms with van der Waals surface area (Å²) in [5, 5.41) is 8.36. The molecule has 0 fully saturated rings. The van der Waals surface area contributed by atoms with E-state index in [4.69, 9.17) is 5.11 Å². The molecule has 62 valence electrons. The van der Waals surface area contributed by atoms with Crippen LogP contribution in [0.15, 0.2) is 22.9 Å². The van der Waals surface area contributed by atoms with E-state index in [1.807, 2.05) is 0 Å². The fourth-order valence-electron chi connectivity index (χ4n) is 0.671. The molecule has 0 amide bonds. The second-order valence-corrected chi connectivity index (χ2v) is 2.73. The first-order valence-electron chi connectivity index (χ1n) is 3.01. The summed E-state index contributed by atoms with van der Waals surface area (Å²) in [6, 6.07) is 2.90. The lowest BCUT2D eigenvalue weighted by atomic mass is 10.2. The average Bonchev–Trinajstić information content (AvgIpc) is 2.04. The normalized spacial score (nSPS) is 9.42. The summed E-state index contributed by atoms with van der Waals surface area (Å²) in [5.41, 5.74) is 0.0602. The number of rotatable bonds is 2. The van der Waals surface area contributed by atoms with E-state index in [1.54, 1.807) is 0 Å². The van der Waals surface area contributed by atoms with Gasteiger partial charge in [0.05, 0.1) is 5.56 Å². The van der Waals surface area contributed by atoms with E-state index in [2.05, 4.69) is 20.9 Å². The Morgan fingerprint density at radius 2 is 2.17 bits per heavy atom. The second-order valence-electron chi connectivity index (χ2n) is 1.98. The molecule has 1 aromatic heterocycles. The Morgan fingerprint density at radius 1 is 1.50 bits per heavy atom. The van der Waals surface area contributed by atoms with Crippen LogP contribution in [0, 0.1) is 0 Å². The van der Waals surface area contributed by atoms with E-state index in [0.29, 0.717) is 0 Å². The predicted molar refractivity (Wildman–Crippen MR) is 43.9 cm³/mol. The maximum Gasteiger partial charge on any atom is 0.377 e. The zero-order chi connectivity index (χ0) is 9.14. The summed E-state index contributed by atoms with van der Waals surface area (Å²) < 4.78 is 0.248. The SMILES string of the molecule is O=C(O)C(=O)c1cccnc1Br. The molecular weight excluding hydrogens is 226 g/mol. The van der Waals surface area contributed by atoms with Gasteiger partial charge in [0.25, 0.3) is 5.78 Å². The number of Topliss-reactive ketones (excluding diaryl/α,β-unsaturated/α-hetero) is 1. The molecule has 0 aliphatic rings. The number of nitrogens with zero attached hydrogens (tertiary/aromatic N) is 1. The Kier molecular flexibility index (Phi) is 2.54. The summed E-state index contributed by atoms with van der Waals surface area (Å²) in [7, 11) is 0. The standard InChI is InChI=1S/C7H4BrNO3/c8-6-4(2-1-3-9-6)5(10)7(11)12/h1-3H,(H,11,12). The van der Waals surface area contributed by atoms with Gasteiger partial charge >= 0.3 is 5.97 Å². The van der Waals surface area contributed by atoms with Crippen molar-refractivity contribution in [1.82, 2.24) is 4.98 Å². The second kappa shape index (κ2) is 3.44. The van der Waals surface area contributed by atoms with E-state index in [-0.39, 0.29) is 10.2 Å². The van der Waals surface area contributed by atoms with E-state index < -0.39 is 11.8 Å². The van der Waals surface area contributed by atoms with Crippen LogP contribution in [0.5, 0.6) is 0 Å². The van der Waals surface area contributed by atoms with Gasteiger partial charge < -0.3 is 5.11 Å². The first-order valence-corrected chi connectivity index (χ1v) is 3.80. The van der Waals surface area contributed by atoms with Crippen molar-refractivity contribution in [3.63, 3.8) is 0 Å². The van der Waals surface area contributed by atoms with Gasteiger partial charge in [-0.25, -0.2) is 9.78 Å². The number of carbonyl (C=O) groups is 2. The molecule has 1 N–H and O–H groups in total. The van der Waals surface area contributed by atoms with Gasteiger partial charge in [-0.2, -0.15) is 0 Å². The van der Waals surface area contributed by atoms with Gasteiger partial charge in [-0.05, 0) is 28.1 Å². The fourth-order valence-corrected chi connectivity index (χ4v) is 1.10. The van der Waals surface area contributed by atoms with Crippen molar-refractivity contribution in [2.75, 3.05) is 0 Å². The third kappa shape index (κ3) is 1.68. The van der Waals surface area contributed by atoms with E-state index in [1.165, 1.54) is 18.3 Å². The summed E-state index contributed by atoms with van der Waals surface area (Å²) in [4.78, 5) is 24.9. The minimum Gasteiger partial charge on any atom is -0.475 e. The Morgan fingerprint density at radius 3 is 2.67 bits per heavy atom. The summed E-state index contributed by atoms with van der Waals surface area (Å²) in [6.07, 6.45) is 1.46. The first kappa shape index (κ1) is 8.86. The molecule has 0 radical (unpaired) electrons. The zero-order valence-corrected chi connectivity index (χ0v) is 7.41. The number of halogens is 1. The van der Waals surface area contributed by atoms with Gasteiger partial charge in [-0.15, -0.1) is 0 Å². The summed E-state index contributed by atoms with van der Waals surface area (Å²) in [6.45, 7) is 0. The van der Waals surface area contributed by atoms with Crippen LogP contribution in [0.25, 0.3) is 0 Å². The topological polar surface area (TPSA) is 67.3 Å². The summed E-state index contributed by atoms with van der Waals surface area (Å²) in [5.74, 6) is -2.45. The highest BCUT2D eigenvalue weighted by Gasteiger charge is 2.17. The quantitative estimate of drug-likeness (QED) is 0.469. The molecule has 0 unspecified atom stereocenters. The van der Waals surface area contributed by atoms with Crippen molar-refractivity contribution < 1.29 is 14.7 Å². The van der Waals surface area contributed by atoms with Crippen LogP contribution < -0.4 is 0 Å². The van der Waals surface area contributed by atoms with Crippen molar-refractivity contribution in [1.29, 1.82) is 0 Å². The molecule has 0 aliphatic heterocycles. The number of carboxylic acids is 1. The maximum atomic E-state index is 10.9. The maximum absolute atomic E-state index is 10.9. The number of pyridine rings is 1. The number of aromatic nitrogens is 1. The number of aliphatic carboxylic acids is 1. The lowest BCUT2D eigenvalue weighted by Crippen LogP contribution is -2.13. The average molecular weight is 230 g/mol. The number of hydrogen-bond acceptors (Lipinski definition) is 3. The van der Waals surface area contributed by atoms with Crippen LogP contribution in [0.3, 0.4) is 0 Å². The van der Waals surface area contributed by atoms with Crippen molar-refractivity contribution in [2.24, 2.45) is 0 Å². The smallest absolute Gasteiger partial charge is 0.377 e. The van der Waals surface area contributed by atoms with Crippen LogP contribution >= 0.6 is 15.9 Å². The molecule has 0 bridgehead atoms. The van der Waals surface area contributed by atoms with Crippen LogP contribution in [0.1, 0.15) is 10.4 Å². The lowest BCUT2D eigenvalue weighted by molar-refractivity contribution is -0.131. The van der Waals surface area contributed by atoms with Gasteiger partial charge in [0.15, 0.2) is 0 Å². The van der Waals surface area contributed by atoms with Crippen LogP contribution in [0.4, 0.5) is 0 Å². The summed E-state index contributed by atoms with van der Waals surface area (Å²) >= 11 is 2.97. The first-order chi connectivity index (χ1) is 5.63. The van der Waals surface area contributed by atoms with Gasteiger partial charge in [0.1, 0.15) is 4.60 Å². The molecule has 0 saturated carbocycles. The number of carboxylic acid groups (broad SMARTS) is 1. The molecular formula is C7H4BrNO3. The molecule has 1 aromatic rings. The lowest BCUT2D eigenvalue weighted by Gasteiger charge is -1.96. The van der Waals surface area contributed by atoms with E-state index in [9.17, 15) is 9.59 Å². The Labute approximate surface area is 76.4 Å². The Bertz CT molecular complexity index is 337. The third-order valence-electron chi connectivity index (χ3n) is 1.20. The van der Waals surface area contributed by atoms with Crippen LogP contribution in [-0.2, 0) is 4.79 Å². The largest absolute Gasteiger partial charge is 0.475 e. The van der Waals surface area contributed by atoms with Crippen molar-refractivity contribution in [3.8, 4) is 0 Å². The zero-order valence-electron chi connectivity index (χ0n) is 5.82. The predicted octanol–water partition coefficient (Wildman–Crippen LogP) is 1.11. The highest BCUT2D eigenvalue weighted by Crippen LogP contribution is 2.12. The van der Waals surface area contributed by atoms with E-state index >= 15 is 0 Å². The highest BCUT2D eigenvalue weighted by atomic mass is 79.9. The van der Waals surface area contributed by atoms with Gasteiger partial charge in [-0.1, -0.05) is 0 Å². The van der Waals surface area contributed by atoms with Gasteiger partial charge in [0, 0.05) is 6.20 Å². The molecule has 0 aliphatic carbocycles. The van der Waals surface area contributed by atoms with Crippen LogP contribution in [0.2, 0.25) is 0 Å². The van der Waals surface area contributed by atoms with Gasteiger partial charge in [0.2, 0.25) is 0 Å². The number of hydrogen-bond donors (Lipinski definition) is 1. The molecule has 1 rings (SSSR count). The minimum absolute atomic E-state index is 0.0602. The fraction of sp³-hybridized carbons (Fsp3) is 0. The van der Waals surface area contributed by atoms with Crippen molar-refractivity contribution in [2.45, 2.75) is 0 Å². The number of ketones is 1. The van der Waals surface area contributed by atoms with Crippen LogP contribution in [-0.4, -0.2) is 21.8 Å². The Hall–Kier alpha value is -1.23. The Balaban J connectivity index is 3.11. The van der Waals surface area contributed by atoms with E-state index in [0.717, 1.165) is 0 Å².